The molecule has 0 amide bonds. The van der Waals surface area contributed by atoms with E-state index in [9.17, 15) is 0 Å². The zero-order valence-corrected chi connectivity index (χ0v) is 15.0. The molecular weight excluding hydrogens is 346 g/mol. The first-order valence-corrected chi connectivity index (χ1v) is 9.68. The van der Waals surface area contributed by atoms with Crippen molar-refractivity contribution in [3.05, 3.63) is 48.5 Å². The molecule has 0 radical (unpaired) electrons. The molecule has 3 aromatic rings. The fraction of sp³-hybridized carbons (Fsp3) is 0.316. The Bertz CT molecular complexity index is 969. The minimum Gasteiger partial charge on any atom is -0.355 e. The van der Waals surface area contributed by atoms with Gasteiger partial charge in [-0.3, -0.25) is 0 Å². The quantitative estimate of drug-likeness (QED) is 0.708. The second-order valence-corrected chi connectivity index (χ2v) is 7.51. The normalized spacial score (nSPS) is 21.7. The highest BCUT2D eigenvalue weighted by molar-refractivity contribution is 7.98. The summed E-state index contributed by atoms with van der Waals surface area (Å²) in [5.74, 6) is 0. The molecule has 1 saturated heterocycles. The van der Waals surface area contributed by atoms with E-state index in [1.807, 2.05) is 12.3 Å². The Hall–Kier alpha value is -2.38. The number of rotatable bonds is 4. The van der Waals surface area contributed by atoms with E-state index in [2.05, 4.69) is 48.6 Å². The molecule has 5 rings (SSSR count). The monoisotopic (exact) mass is 365 g/mol. The number of nitrogens with one attached hydrogen (secondary N) is 1. The van der Waals surface area contributed by atoms with Crippen LogP contribution in [0.1, 0.15) is 31.1 Å². The van der Waals surface area contributed by atoms with E-state index in [0.29, 0.717) is 0 Å². The van der Waals surface area contributed by atoms with Gasteiger partial charge in [0.05, 0.1) is 23.0 Å². The SMILES string of the molecule is C1=Nc2cc(CC[C@@H]3CCC(n4ccc5cncnc54)O3)ccc2SN1. The maximum atomic E-state index is 6.31. The van der Waals surface area contributed by atoms with Gasteiger partial charge in [0.25, 0.3) is 0 Å². The van der Waals surface area contributed by atoms with Gasteiger partial charge in [0.1, 0.15) is 18.2 Å². The Balaban J connectivity index is 1.24. The fourth-order valence-electron chi connectivity index (χ4n) is 3.65. The minimum atomic E-state index is 0.0722. The van der Waals surface area contributed by atoms with Crippen LogP contribution in [0.2, 0.25) is 0 Å². The van der Waals surface area contributed by atoms with Crippen molar-refractivity contribution in [3.63, 3.8) is 0 Å². The third-order valence-corrected chi connectivity index (χ3v) is 5.77. The Morgan fingerprint density at radius 2 is 2.27 bits per heavy atom. The van der Waals surface area contributed by atoms with E-state index in [1.54, 1.807) is 24.6 Å². The van der Waals surface area contributed by atoms with Crippen LogP contribution in [0.5, 0.6) is 0 Å². The lowest BCUT2D eigenvalue weighted by Crippen LogP contribution is -2.12. The topological polar surface area (TPSA) is 64.3 Å². The molecule has 2 aliphatic heterocycles. The van der Waals surface area contributed by atoms with E-state index in [0.717, 1.165) is 42.4 Å². The summed E-state index contributed by atoms with van der Waals surface area (Å²) in [5.41, 5.74) is 3.31. The van der Waals surface area contributed by atoms with Gasteiger partial charge in [-0.25, -0.2) is 15.0 Å². The highest BCUT2D eigenvalue weighted by atomic mass is 32.2. The smallest absolute Gasteiger partial charge is 0.145 e. The van der Waals surface area contributed by atoms with E-state index in [1.165, 1.54) is 10.5 Å². The van der Waals surface area contributed by atoms with Gasteiger partial charge in [0.15, 0.2) is 0 Å². The number of hydrogen-bond acceptors (Lipinski definition) is 6. The van der Waals surface area contributed by atoms with Gasteiger partial charge in [0, 0.05) is 17.8 Å². The fourth-order valence-corrected chi connectivity index (χ4v) is 4.24. The summed E-state index contributed by atoms with van der Waals surface area (Å²) >= 11 is 1.60. The van der Waals surface area contributed by atoms with Crippen molar-refractivity contribution in [1.82, 2.24) is 19.3 Å². The summed E-state index contributed by atoms with van der Waals surface area (Å²) in [6, 6.07) is 8.56. The van der Waals surface area contributed by atoms with Crippen molar-refractivity contribution < 1.29 is 4.74 Å². The molecular formula is C19H19N5OS. The van der Waals surface area contributed by atoms with Crippen molar-refractivity contribution in [2.24, 2.45) is 4.99 Å². The molecule has 0 spiro atoms. The molecule has 6 nitrogen and oxygen atoms in total. The summed E-state index contributed by atoms with van der Waals surface area (Å²) in [6.07, 6.45) is 11.7. The molecule has 0 aliphatic carbocycles. The highest BCUT2D eigenvalue weighted by Gasteiger charge is 2.27. The van der Waals surface area contributed by atoms with E-state index in [-0.39, 0.29) is 12.3 Å². The average molecular weight is 365 g/mol. The van der Waals surface area contributed by atoms with Crippen LogP contribution < -0.4 is 4.72 Å². The number of nitrogens with zero attached hydrogens (tertiary/aromatic N) is 4. The maximum absolute atomic E-state index is 6.31. The van der Waals surface area contributed by atoms with Gasteiger partial charge in [-0.1, -0.05) is 6.07 Å². The lowest BCUT2D eigenvalue weighted by atomic mass is 10.0. The zero-order chi connectivity index (χ0) is 17.3. The summed E-state index contributed by atoms with van der Waals surface area (Å²) < 4.78 is 11.5. The van der Waals surface area contributed by atoms with E-state index >= 15 is 0 Å². The molecule has 2 aromatic heterocycles. The van der Waals surface area contributed by atoms with Crippen LogP contribution in [0.4, 0.5) is 5.69 Å². The summed E-state index contributed by atoms with van der Waals surface area (Å²) in [6.45, 7) is 0. The lowest BCUT2D eigenvalue weighted by Gasteiger charge is -2.16. The van der Waals surface area contributed by atoms with Gasteiger partial charge in [-0.2, -0.15) is 0 Å². The van der Waals surface area contributed by atoms with Crippen LogP contribution in [-0.4, -0.2) is 27.0 Å². The van der Waals surface area contributed by atoms with Gasteiger partial charge < -0.3 is 14.0 Å². The highest BCUT2D eigenvalue weighted by Crippen LogP contribution is 2.34. The molecule has 7 heteroatoms. The number of fused-ring (bicyclic) bond motifs is 2. The predicted octanol–water partition coefficient (Wildman–Crippen LogP) is 4.01. The van der Waals surface area contributed by atoms with E-state index < -0.39 is 0 Å². The predicted molar refractivity (Wildman–Crippen MR) is 103 cm³/mol. The molecule has 0 saturated carbocycles. The molecule has 132 valence electrons. The van der Waals surface area contributed by atoms with Gasteiger partial charge in [-0.15, -0.1) is 0 Å². The van der Waals surface area contributed by atoms with Crippen LogP contribution in [0.3, 0.4) is 0 Å². The Morgan fingerprint density at radius 3 is 3.27 bits per heavy atom. The second kappa shape index (κ2) is 6.74. The molecule has 1 N–H and O–H groups in total. The van der Waals surface area contributed by atoms with E-state index in [4.69, 9.17) is 4.74 Å². The maximum Gasteiger partial charge on any atom is 0.145 e. The molecule has 0 bridgehead atoms. The minimum absolute atomic E-state index is 0.0722. The van der Waals surface area contributed by atoms with Crippen molar-refractivity contribution in [2.45, 2.75) is 42.9 Å². The van der Waals surface area contributed by atoms with Gasteiger partial charge in [-0.05, 0) is 61.4 Å². The van der Waals surface area contributed by atoms with Crippen LogP contribution in [-0.2, 0) is 11.2 Å². The molecule has 4 heterocycles. The van der Waals surface area contributed by atoms with Crippen molar-refractivity contribution >= 4 is 35.0 Å². The molecule has 1 aromatic carbocycles. The Labute approximate surface area is 155 Å². The second-order valence-electron chi connectivity index (χ2n) is 6.63. The van der Waals surface area contributed by atoms with Crippen LogP contribution in [0.25, 0.3) is 11.0 Å². The van der Waals surface area contributed by atoms with Crippen molar-refractivity contribution in [2.75, 3.05) is 0 Å². The van der Waals surface area contributed by atoms with Crippen LogP contribution >= 0.6 is 11.9 Å². The molecule has 1 fully saturated rings. The summed E-state index contributed by atoms with van der Waals surface area (Å²) in [5, 5.41) is 1.06. The first-order chi connectivity index (χ1) is 12.9. The lowest BCUT2D eigenvalue weighted by molar-refractivity contribution is 0.00119. The average Bonchev–Trinajstić information content (AvgIpc) is 3.33. The molecule has 26 heavy (non-hydrogen) atoms. The largest absolute Gasteiger partial charge is 0.355 e. The summed E-state index contributed by atoms with van der Waals surface area (Å²) in [4.78, 5) is 14.1. The number of benzene rings is 1. The first kappa shape index (κ1) is 15.8. The van der Waals surface area contributed by atoms with Gasteiger partial charge in [0.2, 0.25) is 0 Å². The zero-order valence-electron chi connectivity index (χ0n) is 14.2. The first-order valence-electron chi connectivity index (χ1n) is 8.87. The van der Waals surface area contributed by atoms with Crippen LogP contribution in [0.15, 0.2) is 52.9 Å². The molecule has 2 aliphatic rings. The van der Waals surface area contributed by atoms with Crippen LogP contribution in [0, 0.1) is 0 Å². The molecule has 1 unspecified atom stereocenters. The van der Waals surface area contributed by atoms with Crippen molar-refractivity contribution in [3.8, 4) is 0 Å². The Morgan fingerprint density at radius 1 is 1.27 bits per heavy atom. The number of aryl methyl sites for hydroxylation is 1. The van der Waals surface area contributed by atoms with Crippen molar-refractivity contribution in [1.29, 1.82) is 0 Å². The number of hydrogen-bond donors (Lipinski definition) is 1. The number of ether oxygens (including phenoxy) is 1. The van der Waals surface area contributed by atoms with Gasteiger partial charge >= 0.3 is 0 Å². The Kier molecular flexibility index (Phi) is 4.10. The third-order valence-electron chi connectivity index (χ3n) is 4.98. The number of aliphatic imine (C=N–C) groups is 1. The summed E-state index contributed by atoms with van der Waals surface area (Å²) in [7, 11) is 0. The number of aromatic nitrogens is 3. The standard InChI is InChI=1S/C19H19N5OS/c1(13-2-5-17-16(9-13)21-12-23-26-17)3-15-4-6-18(25-15)24-8-7-14-10-20-11-22-19(14)24/h2,5,7-12,15,18H,1,3-4,6H2,(H,21,23)/t15-,18?/m1/s1. The molecule has 2 atom stereocenters. The third kappa shape index (κ3) is 2.97.